The van der Waals surface area contributed by atoms with E-state index < -0.39 is 18.0 Å². The smallest absolute Gasteiger partial charge is 0.335 e. The van der Waals surface area contributed by atoms with Crippen molar-refractivity contribution in [3.05, 3.63) is 12.7 Å². The normalized spacial score (nSPS) is 19.1. The maximum Gasteiger partial charge on any atom is 0.335 e. The van der Waals surface area contributed by atoms with Gasteiger partial charge in [0.1, 0.15) is 0 Å². The fourth-order valence-corrected chi connectivity index (χ4v) is 0.191. The molecule has 1 fully saturated rings. The minimum Gasteiger partial charge on any atom is -0.479 e. The monoisotopic (exact) mass is 159 g/mol. The van der Waals surface area contributed by atoms with Gasteiger partial charge in [-0.25, -0.2) is 4.79 Å². The van der Waals surface area contributed by atoms with Gasteiger partial charge < -0.3 is 15.6 Å². The van der Waals surface area contributed by atoms with E-state index in [0.717, 1.165) is 6.08 Å². The van der Waals surface area contributed by atoms with Crippen LogP contribution < -0.4 is 5.73 Å². The molecule has 0 bridgehead atoms. The van der Waals surface area contributed by atoms with Crippen molar-refractivity contribution in [2.45, 2.75) is 6.10 Å². The number of amides is 1. The average molecular weight is 159 g/mol. The highest BCUT2D eigenvalue weighted by Gasteiger charge is 2.30. The third-order valence-electron chi connectivity index (χ3n) is 0.810. The van der Waals surface area contributed by atoms with Crippen LogP contribution in [-0.4, -0.2) is 29.7 Å². The number of aliphatic carboxylic acids is 1. The van der Waals surface area contributed by atoms with Crippen LogP contribution in [-0.2, 0) is 14.3 Å². The molecule has 1 aliphatic rings. The van der Waals surface area contributed by atoms with Crippen molar-refractivity contribution in [3.63, 3.8) is 0 Å². The molecular weight excluding hydrogens is 150 g/mol. The Kier molecular flexibility index (Phi) is 3.90. The summed E-state index contributed by atoms with van der Waals surface area (Å²) in [5.41, 5.74) is 4.53. The number of carboxylic acids is 1. The van der Waals surface area contributed by atoms with Crippen molar-refractivity contribution < 1.29 is 19.4 Å². The molecule has 1 atom stereocenters. The summed E-state index contributed by atoms with van der Waals surface area (Å²) in [5.74, 6) is -1.33. The van der Waals surface area contributed by atoms with E-state index in [4.69, 9.17) is 5.11 Å². The second-order valence-corrected chi connectivity index (χ2v) is 1.77. The molecule has 1 saturated heterocycles. The van der Waals surface area contributed by atoms with E-state index in [-0.39, 0.29) is 0 Å². The van der Waals surface area contributed by atoms with Crippen molar-refractivity contribution in [1.29, 1.82) is 0 Å². The van der Waals surface area contributed by atoms with Crippen LogP contribution in [0.2, 0.25) is 0 Å². The van der Waals surface area contributed by atoms with Crippen LogP contribution in [0.1, 0.15) is 0 Å². The first-order valence-corrected chi connectivity index (χ1v) is 2.84. The first-order chi connectivity index (χ1) is 5.07. The van der Waals surface area contributed by atoms with Crippen LogP contribution in [0.3, 0.4) is 0 Å². The zero-order valence-corrected chi connectivity index (χ0v) is 5.82. The van der Waals surface area contributed by atoms with Gasteiger partial charge in [0, 0.05) is 0 Å². The number of carbonyl (C=O) groups is 2. The van der Waals surface area contributed by atoms with Crippen LogP contribution in [0.4, 0.5) is 0 Å². The van der Waals surface area contributed by atoms with E-state index in [0.29, 0.717) is 6.61 Å². The molecule has 0 radical (unpaired) electrons. The Labute approximate surface area is 63.4 Å². The predicted octanol–water partition coefficient (Wildman–Crippen LogP) is -0.872. The van der Waals surface area contributed by atoms with E-state index in [1.165, 1.54) is 0 Å². The van der Waals surface area contributed by atoms with Gasteiger partial charge in [-0.15, -0.1) is 0 Å². The average Bonchev–Trinajstić information content (AvgIpc) is 2.69. The van der Waals surface area contributed by atoms with Gasteiger partial charge in [-0.1, -0.05) is 6.58 Å². The van der Waals surface area contributed by atoms with E-state index in [2.05, 4.69) is 17.0 Å². The molecule has 1 heterocycles. The quantitative estimate of drug-likeness (QED) is 0.404. The highest BCUT2D eigenvalue weighted by molar-refractivity contribution is 5.84. The number of rotatable bonds is 2. The first kappa shape index (κ1) is 9.64. The number of primary amides is 1. The summed E-state index contributed by atoms with van der Waals surface area (Å²) >= 11 is 0. The summed E-state index contributed by atoms with van der Waals surface area (Å²) in [7, 11) is 0. The number of carboxylic acid groups (broad SMARTS) is 1. The van der Waals surface area contributed by atoms with Gasteiger partial charge in [0.2, 0.25) is 5.91 Å². The Balaban J connectivity index is 0.000000187. The van der Waals surface area contributed by atoms with Crippen molar-refractivity contribution in [2.24, 2.45) is 5.73 Å². The molecule has 0 aliphatic carbocycles. The molecule has 0 aromatic carbocycles. The molecule has 3 N–H and O–H groups in total. The fourth-order valence-electron chi connectivity index (χ4n) is 0.191. The third-order valence-corrected chi connectivity index (χ3v) is 0.810. The fraction of sp³-hybridized carbons (Fsp3) is 0.333. The molecule has 1 aliphatic heterocycles. The van der Waals surface area contributed by atoms with Gasteiger partial charge in [0.25, 0.3) is 0 Å². The maximum atomic E-state index is 9.64. The second kappa shape index (κ2) is 4.45. The summed E-state index contributed by atoms with van der Waals surface area (Å²) in [6.07, 6.45) is 0.574. The Morgan fingerprint density at radius 1 is 1.73 bits per heavy atom. The molecular formula is C6H9NO4. The van der Waals surface area contributed by atoms with Crippen molar-refractivity contribution in [1.82, 2.24) is 0 Å². The third kappa shape index (κ3) is 6.53. The standard InChI is InChI=1S/C3H5NO.C3H4O3/c1-2-3(4)5;4-3(5)2-1-6-2/h2H,1H2,(H2,4,5);2H,1H2,(H,4,5). The SMILES string of the molecule is C=CC(N)=O.O=C(O)C1CO1. The summed E-state index contributed by atoms with van der Waals surface area (Å²) in [6, 6.07) is 0. The first-order valence-electron chi connectivity index (χ1n) is 2.84. The summed E-state index contributed by atoms with van der Waals surface area (Å²) in [4.78, 5) is 19.1. The number of nitrogens with two attached hydrogens (primary N) is 1. The van der Waals surface area contributed by atoms with Crippen LogP contribution in [0.15, 0.2) is 12.7 Å². The van der Waals surface area contributed by atoms with Gasteiger partial charge in [-0.05, 0) is 6.08 Å². The van der Waals surface area contributed by atoms with Crippen LogP contribution in [0.5, 0.6) is 0 Å². The van der Waals surface area contributed by atoms with E-state index in [1.54, 1.807) is 0 Å². The molecule has 0 aromatic heterocycles. The lowest BCUT2D eigenvalue weighted by atomic mass is 10.5. The zero-order chi connectivity index (χ0) is 8.85. The van der Waals surface area contributed by atoms with Crippen LogP contribution in [0, 0.1) is 0 Å². The lowest BCUT2D eigenvalue weighted by Gasteiger charge is -1.72. The number of epoxide rings is 1. The number of carbonyl (C=O) groups excluding carboxylic acids is 1. The number of ether oxygens (including phenoxy) is 1. The largest absolute Gasteiger partial charge is 0.479 e. The predicted molar refractivity (Wildman–Crippen MR) is 36.8 cm³/mol. The molecule has 1 amide bonds. The molecule has 0 aromatic rings. The molecule has 1 rings (SSSR count). The molecule has 62 valence electrons. The molecule has 0 saturated carbocycles. The Bertz CT molecular complexity index is 173. The lowest BCUT2D eigenvalue weighted by molar-refractivity contribution is -0.138. The highest BCUT2D eigenvalue weighted by Crippen LogP contribution is 2.06. The van der Waals surface area contributed by atoms with Gasteiger partial charge >= 0.3 is 5.97 Å². The molecule has 11 heavy (non-hydrogen) atoms. The Morgan fingerprint density at radius 2 is 2.09 bits per heavy atom. The second-order valence-electron chi connectivity index (χ2n) is 1.77. The Morgan fingerprint density at radius 3 is 2.09 bits per heavy atom. The summed E-state index contributed by atoms with van der Waals surface area (Å²) < 4.78 is 4.37. The number of hydrogen-bond acceptors (Lipinski definition) is 3. The molecule has 0 spiro atoms. The topological polar surface area (TPSA) is 92.9 Å². The number of hydrogen-bond donors (Lipinski definition) is 2. The highest BCUT2D eigenvalue weighted by atomic mass is 16.6. The van der Waals surface area contributed by atoms with E-state index >= 15 is 0 Å². The maximum absolute atomic E-state index is 9.64. The van der Waals surface area contributed by atoms with Crippen LogP contribution >= 0.6 is 0 Å². The minimum absolute atomic E-state index is 0.398. The van der Waals surface area contributed by atoms with Crippen molar-refractivity contribution >= 4 is 11.9 Å². The van der Waals surface area contributed by atoms with Gasteiger partial charge in [-0.2, -0.15) is 0 Å². The summed E-state index contributed by atoms with van der Waals surface area (Å²) in [6.45, 7) is 3.48. The van der Waals surface area contributed by atoms with Gasteiger partial charge in [0.05, 0.1) is 6.61 Å². The van der Waals surface area contributed by atoms with Crippen LogP contribution in [0.25, 0.3) is 0 Å². The molecule has 1 unspecified atom stereocenters. The van der Waals surface area contributed by atoms with E-state index in [1.807, 2.05) is 0 Å². The van der Waals surface area contributed by atoms with Crippen molar-refractivity contribution in [2.75, 3.05) is 6.61 Å². The molecule has 5 nitrogen and oxygen atoms in total. The van der Waals surface area contributed by atoms with Crippen molar-refractivity contribution in [3.8, 4) is 0 Å². The zero-order valence-electron chi connectivity index (χ0n) is 5.82. The Hall–Kier alpha value is -1.36. The lowest BCUT2D eigenvalue weighted by Crippen LogP contribution is -2.04. The van der Waals surface area contributed by atoms with Gasteiger partial charge in [-0.3, -0.25) is 4.79 Å². The molecule has 5 heteroatoms. The van der Waals surface area contributed by atoms with Gasteiger partial charge in [0.15, 0.2) is 6.10 Å². The van der Waals surface area contributed by atoms with E-state index in [9.17, 15) is 9.59 Å². The summed E-state index contributed by atoms with van der Waals surface area (Å²) in [5, 5.41) is 7.93. The minimum atomic E-state index is -0.852.